The van der Waals surface area contributed by atoms with Gasteiger partial charge in [-0.1, -0.05) is 12.1 Å². The molecule has 3 amide bonds. The fraction of sp³-hybridized carbons (Fsp3) is 0.188. The summed E-state index contributed by atoms with van der Waals surface area (Å²) in [7, 11) is 0. The van der Waals surface area contributed by atoms with Gasteiger partial charge in [0.15, 0.2) is 23.4 Å². The van der Waals surface area contributed by atoms with E-state index in [-0.39, 0.29) is 18.1 Å². The van der Waals surface area contributed by atoms with Gasteiger partial charge >= 0.3 is 0 Å². The van der Waals surface area contributed by atoms with Crippen molar-refractivity contribution in [3.05, 3.63) is 54.2 Å². The second-order valence-corrected chi connectivity index (χ2v) is 4.89. The van der Waals surface area contributed by atoms with E-state index in [0.29, 0.717) is 0 Å². The van der Waals surface area contributed by atoms with Crippen molar-refractivity contribution >= 4 is 17.7 Å². The number of amides is 3. The van der Waals surface area contributed by atoms with Crippen molar-refractivity contribution in [1.29, 1.82) is 0 Å². The van der Waals surface area contributed by atoms with Crippen LogP contribution in [0.5, 0.6) is 5.75 Å². The normalized spacial score (nSPS) is 11.3. The van der Waals surface area contributed by atoms with Crippen molar-refractivity contribution in [1.82, 2.24) is 16.2 Å². The molecule has 0 bridgehead atoms. The van der Waals surface area contributed by atoms with Crippen LogP contribution in [0.25, 0.3) is 0 Å². The van der Waals surface area contributed by atoms with Crippen LogP contribution in [-0.2, 0) is 9.59 Å². The molecule has 9 heteroatoms. The molecule has 8 nitrogen and oxygen atoms in total. The van der Waals surface area contributed by atoms with Gasteiger partial charge < -0.3 is 14.5 Å². The Morgan fingerprint density at radius 3 is 2.60 bits per heavy atom. The summed E-state index contributed by atoms with van der Waals surface area (Å²) >= 11 is 0. The number of para-hydroxylation sites is 1. The summed E-state index contributed by atoms with van der Waals surface area (Å²) in [6.45, 7) is 1.02. The minimum atomic E-state index is -1.05. The maximum atomic E-state index is 13.4. The number of hydrogen-bond acceptors (Lipinski definition) is 5. The first-order chi connectivity index (χ1) is 12.0. The van der Waals surface area contributed by atoms with Crippen LogP contribution >= 0.6 is 0 Å². The van der Waals surface area contributed by atoms with Gasteiger partial charge in [-0.25, -0.2) is 4.39 Å². The molecule has 1 atom stereocenters. The highest BCUT2D eigenvalue weighted by Crippen LogP contribution is 2.16. The molecule has 0 aliphatic carbocycles. The quantitative estimate of drug-likeness (QED) is 0.667. The molecule has 0 saturated heterocycles. The minimum Gasteiger partial charge on any atom is -0.478 e. The Morgan fingerprint density at radius 2 is 1.92 bits per heavy atom. The van der Waals surface area contributed by atoms with Gasteiger partial charge in [0.05, 0.1) is 12.8 Å². The van der Waals surface area contributed by atoms with E-state index in [1.54, 1.807) is 6.07 Å². The Kier molecular flexibility index (Phi) is 6.10. The van der Waals surface area contributed by atoms with Crippen LogP contribution in [0, 0.1) is 5.82 Å². The summed E-state index contributed by atoms with van der Waals surface area (Å²) < 4.78 is 23.5. The smallest absolute Gasteiger partial charge is 0.287 e. The summed E-state index contributed by atoms with van der Waals surface area (Å²) in [4.78, 5) is 35.0. The fourth-order valence-electron chi connectivity index (χ4n) is 1.72. The first kappa shape index (κ1) is 18.0. The van der Waals surface area contributed by atoms with Gasteiger partial charge in [-0.15, -0.1) is 0 Å². The standard InChI is InChI=1S/C16H16FN3O5/c1-10(25-12-6-3-2-5-11(12)17)15(22)20-19-14(21)9-18-16(23)13-7-4-8-24-13/h2-8,10H,9H2,1H3,(H,18,23)(H,19,21)(H,20,22). The molecule has 0 saturated carbocycles. The van der Waals surface area contributed by atoms with Crippen molar-refractivity contribution in [2.75, 3.05) is 6.54 Å². The van der Waals surface area contributed by atoms with Crippen LogP contribution < -0.4 is 20.9 Å². The lowest BCUT2D eigenvalue weighted by atomic mass is 10.3. The third-order valence-electron chi connectivity index (χ3n) is 2.99. The number of halogens is 1. The maximum absolute atomic E-state index is 13.4. The van der Waals surface area contributed by atoms with Crippen molar-refractivity contribution in [3.63, 3.8) is 0 Å². The van der Waals surface area contributed by atoms with Gasteiger partial charge in [0.2, 0.25) is 0 Å². The number of furan rings is 1. The van der Waals surface area contributed by atoms with Gasteiger partial charge in [-0.2, -0.15) is 0 Å². The highest BCUT2D eigenvalue weighted by Gasteiger charge is 2.17. The van der Waals surface area contributed by atoms with Gasteiger partial charge in [0.1, 0.15) is 0 Å². The molecule has 132 valence electrons. The van der Waals surface area contributed by atoms with Crippen LogP contribution in [0.15, 0.2) is 47.1 Å². The summed E-state index contributed by atoms with van der Waals surface area (Å²) in [5.74, 6) is -2.54. The summed E-state index contributed by atoms with van der Waals surface area (Å²) in [6, 6.07) is 8.60. The third kappa shape index (κ3) is 5.34. The predicted octanol–water partition coefficient (Wildman–Crippen LogP) is 0.763. The van der Waals surface area contributed by atoms with Gasteiger partial charge in [-0.05, 0) is 31.2 Å². The Labute approximate surface area is 142 Å². The average molecular weight is 349 g/mol. The topological polar surface area (TPSA) is 110 Å². The van der Waals surface area contributed by atoms with Crippen LogP contribution in [0.4, 0.5) is 4.39 Å². The number of carbonyl (C=O) groups excluding carboxylic acids is 3. The molecule has 1 aromatic heterocycles. The van der Waals surface area contributed by atoms with E-state index in [1.807, 2.05) is 0 Å². The molecule has 1 unspecified atom stereocenters. The van der Waals surface area contributed by atoms with Crippen LogP contribution in [0.2, 0.25) is 0 Å². The Hall–Kier alpha value is -3.36. The number of ether oxygens (including phenoxy) is 1. The summed E-state index contributed by atoms with van der Waals surface area (Å²) in [5, 5.41) is 2.31. The average Bonchev–Trinajstić information content (AvgIpc) is 3.14. The van der Waals surface area contributed by atoms with Gasteiger partial charge in [0, 0.05) is 0 Å². The van der Waals surface area contributed by atoms with Crippen molar-refractivity contribution in [3.8, 4) is 5.75 Å². The summed E-state index contributed by atoms with van der Waals surface area (Å²) in [6.07, 6.45) is 0.279. The monoisotopic (exact) mass is 349 g/mol. The molecule has 2 rings (SSSR count). The molecule has 0 spiro atoms. The number of carbonyl (C=O) groups is 3. The molecule has 0 radical (unpaired) electrons. The number of hydrazine groups is 1. The van der Waals surface area contributed by atoms with Crippen LogP contribution in [-0.4, -0.2) is 30.4 Å². The Balaban J connectivity index is 1.72. The van der Waals surface area contributed by atoms with E-state index in [9.17, 15) is 18.8 Å². The molecular weight excluding hydrogens is 333 g/mol. The molecule has 2 aromatic rings. The molecular formula is C16H16FN3O5. The van der Waals surface area contributed by atoms with Crippen molar-refractivity contribution in [2.45, 2.75) is 13.0 Å². The van der Waals surface area contributed by atoms with Crippen LogP contribution in [0.3, 0.4) is 0 Å². The van der Waals surface area contributed by atoms with E-state index in [0.717, 1.165) is 0 Å². The highest BCUT2D eigenvalue weighted by atomic mass is 19.1. The first-order valence-electron chi connectivity index (χ1n) is 7.29. The molecule has 25 heavy (non-hydrogen) atoms. The van der Waals surface area contributed by atoms with E-state index in [4.69, 9.17) is 9.15 Å². The number of rotatable bonds is 6. The molecule has 1 heterocycles. The zero-order valence-corrected chi connectivity index (χ0v) is 13.2. The molecule has 1 aromatic carbocycles. The second kappa shape index (κ2) is 8.48. The number of hydrogen-bond donors (Lipinski definition) is 3. The maximum Gasteiger partial charge on any atom is 0.287 e. The zero-order chi connectivity index (χ0) is 18.2. The van der Waals surface area contributed by atoms with Gasteiger partial charge in [0.25, 0.3) is 17.7 Å². The molecule has 3 N–H and O–H groups in total. The molecule has 0 aliphatic heterocycles. The lowest BCUT2D eigenvalue weighted by molar-refractivity contribution is -0.132. The minimum absolute atomic E-state index is 0.0590. The first-order valence-corrected chi connectivity index (χ1v) is 7.29. The lowest BCUT2D eigenvalue weighted by Gasteiger charge is -2.15. The Bertz CT molecular complexity index is 748. The van der Waals surface area contributed by atoms with Crippen molar-refractivity contribution in [2.24, 2.45) is 0 Å². The predicted molar refractivity (Wildman–Crippen MR) is 83.8 cm³/mol. The van der Waals surface area contributed by atoms with E-state index in [2.05, 4.69) is 16.2 Å². The SMILES string of the molecule is CC(Oc1ccccc1F)C(=O)NNC(=O)CNC(=O)c1ccco1. The largest absolute Gasteiger partial charge is 0.478 e. The fourth-order valence-corrected chi connectivity index (χ4v) is 1.72. The van der Waals surface area contributed by atoms with E-state index >= 15 is 0 Å². The third-order valence-corrected chi connectivity index (χ3v) is 2.99. The number of benzene rings is 1. The van der Waals surface area contributed by atoms with E-state index < -0.39 is 29.6 Å². The molecule has 0 fully saturated rings. The molecule has 0 aliphatic rings. The zero-order valence-electron chi connectivity index (χ0n) is 13.2. The van der Waals surface area contributed by atoms with E-state index in [1.165, 1.54) is 43.5 Å². The van der Waals surface area contributed by atoms with Gasteiger partial charge in [-0.3, -0.25) is 25.2 Å². The second-order valence-electron chi connectivity index (χ2n) is 4.89. The summed E-state index contributed by atoms with van der Waals surface area (Å²) in [5.41, 5.74) is 4.23. The lowest BCUT2D eigenvalue weighted by Crippen LogP contribution is -2.50. The highest BCUT2D eigenvalue weighted by molar-refractivity contribution is 5.94. The van der Waals surface area contributed by atoms with Crippen LogP contribution in [0.1, 0.15) is 17.5 Å². The van der Waals surface area contributed by atoms with Crippen molar-refractivity contribution < 1.29 is 27.9 Å². The number of nitrogens with one attached hydrogen (secondary N) is 3. The Morgan fingerprint density at radius 1 is 1.16 bits per heavy atom.